The Morgan fingerprint density at radius 1 is 1.45 bits per heavy atom. The summed E-state index contributed by atoms with van der Waals surface area (Å²) in [6.07, 6.45) is 3.70. The molecule has 0 unspecified atom stereocenters. The van der Waals surface area contributed by atoms with E-state index in [1.54, 1.807) is 4.57 Å². The number of aromatic nitrogens is 4. The molecule has 0 bridgehead atoms. The van der Waals surface area contributed by atoms with Crippen molar-refractivity contribution in [2.24, 2.45) is 7.05 Å². The van der Waals surface area contributed by atoms with Gasteiger partial charge in [-0.1, -0.05) is 23.9 Å². The van der Waals surface area contributed by atoms with Gasteiger partial charge in [-0.2, -0.15) is 0 Å². The molecule has 22 heavy (non-hydrogen) atoms. The lowest BCUT2D eigenvalue weighted by molar-refractivity contribution is -0.137. The molecule has 8 nitrogen and oxygen atoms in total. The molecule has 0 fully saturated rings. The fourth-order valence-corrected chi connectivity index (χ4v) is 2.72. The minimum Gasteiger partial charge on any atom is -0.468 e. The lowest BCUT2D eigenvalue weighted by atomic mass is 10.4. The Balaban J connectivity index is 2.61. The van der Waals surface area contributed by atoms with Crippen LogP contribution < -0.4 is 11.2 Å². The molecule has 0 spiro atoms. The zero-order valence-corrected chi connectivity index (χ0v) is 13.3. The molecular weight excluding hydrogens is 308 g/mol. The van der Waals surface area contributed by atoms with Crippen LogP contribution in [-0.4, -0.2) is 37.9 Å². The highest BCUT2D eigenvalue weighted by Crippen LogP contribution is 2.21. The van der Waals surface area contributed by atoms with E-state index in [1.165, 1.54) is 18.7 Å². The van der Waals surface area contributed by atoms with Gasteiger partial charge in [0.05, 0.1) is 12.9 Å². The van der Waals surface area contributed by atoms with E-state index in [0.29, 0.717) is 17.2 Å². The summed E-state index contributed by atoms with van der Waals surface area (Å²) in [5.41, 5.74) is -0.448. The number of carbonyl (C=O) groups is 1. The van der Waals surface area contributed by atoms with Gasteiger partial charge in [-0.3, -0.25) is 19.1 Å². The topological polar surface area (TPSA) is 99.0 Å². The van der Waals surface area contributed by atoms with Gasteiger partial charge in [0.1, 0.15) is 0 Å². The van der Waals surface area contributed by atoms with Gasteiger partial charge in [-0.05, 0) is 6.92 Å². The van der Waals surface area contributed by atoms with Crippen LogP contribution in [-0.2, 0) is 23.1 Å². The van der Waals surface area contributed by atoms with Crippen LogP contribution in [0.15, 0.2) is 26.9 Å². The number of aryl methyl sites for hydroxylation is 1. The Bertz CT molecular complexity index is 846. The maximum absolute atomic E-state index is 12.1. The Labute approximate surface area is 129 Å². The van der Waals surface area contributed by atoms with E-state index < -0.39 is 17.2 Å². The number of carbonyl (C=O) groups excluding carboxylic acids is 1. The molecule has 0 amide bonds. The lowest BCUT2D eigenvalue weighted by Gasteiger charge is -2.05. The predicted molar refractivity (Wildman–Crippen MR) is 83.1 cm³/mol. The Kier molecular flexibility index (Phi) is 4.86. The molecule has 1 N–H and O–H groups in total. The second-order valence-corrected chi connectivity index (χ2v) is 5.37. The van der Waals surface area contributed by atoms with Gasteiger partial charge in [-0.25, -0.2) is 9.78 Å². The van der Waals surface area contributed by atoms with E-state index in [4.69, 9.17) is 0 Å². The first-order chi connectivity index (χ1) is 10.5. The van der Waals surface area contributed by atoms with Crippen LogP contribution in [0.2, 0.25) is 0 Å². The van der Waals surface area contributed by atoms with Crippen molar-refractivity contribution in [1.82, 2.24) is 19.1 Å². The molecule has 2 heterocycles. The molecule has 0 aromatic carbocycles. The molecule has 0 aliphatic rings. The average Bonchev–Trinajstić information content (AvgIpc) is 2.87. The number of allylic oxidation sites excluding steroid dienone is 2. The summed E-state index contributed by atoms with van der Waals surface area (Å²) in [5, 5.41) is 0.477. The van der Waals surface area contributed by atoms with Crippen LogP contribution >= 0.6 is 11.8 Å². The highest BCUT2D eigenvalue weighted by molar-refractivity contribution is 7.99. The maximum atomic E-state index is 12.1. The molecular formula is C13H16N4O4S. The Hall–Kier alpha value is -2.29. The number of H-pyrrole nitrogens is 1. The van der Waals surface area contributed by atoms with Crippen molar-refractivity contribution >= 4 is 28.9 Å². The summed E-state index contributed by atoms with van der Waals surface area (Å²) in [6, 6.07) is 0. The second kappa shape index (κ2) is 6.65. The number of imidazole rings is 1. The third kappa shape index (κ3) is 2.98. The zero-order chi connectivity index (χ0) is 16.3. The van der Waals surface area contributed by atoms with Crippen LogP contribution in [0.5, 0.6) is 0 Å². The minimum atomic E-state index is -0.530. The summed E-state index contributed by atoms with van der Waals surface area (Å²) >= 11 is 1.15. The summed E-state index contributed by atoms with van der Waals surface area (Å²) < 4.78 is 7.54. The number of nitrogens with one attached hydrogen (secondary N) is 1. The van der Waals surface area contributed by atoms with Crippen molar-refractivity contribution in [2.75, 3.05) is 12.9 Å². The van der Waals surface area contributed by atoms with Crippen LogP contribution in [0.25, 0.3) is 11.2 Å². The number of hydrogen-bond acceptors (Lipinski definition) is 6. The number of fused-ring (bicyclic) bond motifs is 1. The van der Waals surface area contributed by atoms with Crippen LogP contribution in [0.4, 0.5) is 0 Å². The van der Waals surface area contributed by atoms with Gasteiger partial charge in [0, 0.05) is 13.6 Å². The number of nitrogens with zero attached hydrogens (tertiary/aromatic N) is 3. The first kappa shape index (κ1) is 16.1. The van der Waals surface area contributed by atoms with E-state index >= 15 is 0 Å². The summed E-state index contributed by atoms with van der Waals surface area (Å²) in [6.45, 7) is 2.28. The number of thioether (sulfide) groups is 1. The minimum absolute atomic E-state index is 0.0709. The molecule has 0 atom stereocenters. The smallest absolute Gasteiger partial charge is 0.329 e. The molecule has 0 saturated heterocycles. The molecule has 118 valence electrons. The summed E-state index contributed by atoms with van der Waals surface area (Å²) in [5.74, 6) is -0.320. The number of ether oxygens (including phenoxy) is 1. The second-order valence-electron chi connectivity index (χ2n) is 4.43. The van der Waals surface area contributed by atoms with Gasteiger partial charge in [0.15, 0.2) is 16.3 Å². The Morgan fingerprint density at radius 3 is 2.82 bits per heavy atom. The normalized spacial score (nSPS) is 11.4. The first-order valence-electron chi connectivity index (χ1n) is 6.50. The zero-order valence-electron chi connectivity index (χ0n) is 12.5. The fraction of sp³-hybridized carbons (Fsp3) is 0.385. The van der Waals surface area contributed by atoms with Crippen molar-refractivity contribution < 1.29 is 9.53 Å². The quantitative estimate of drug-likeness (QED) is 0.481. The number of methoxy groups -OCH3 is 1. The fourth-order valence-electron chi connectivity index (χ4n) is 1.89. The van der Waals surface area contributed by atoms with Crippen molar-refractivity contribution in [2.45, 2.75) is 18.6 Å². The summed E-state index contributed by atoms with van der Waals surface area (Å²) in [4.78, 5) is 41.6. The first-order valence-corrected chi connectivity index (χ1v) is 7.48. The van der Waals surface area contributed by atoms with Gasteiger partial charge < -0.3 is 9.30 Å². The standard InChI is InChI=1S/C13H16N4O4S/c1-4-5-6-17-9-10(16(2)12(20)15-11(9)19)14-13(17)22-7-8(18)21-3/h4-5H,6-7H2,1-3H3,(H,15,19,20). The van der Waals surface area contributed by atoms with E-state index in [9.17, 15) is 14.4 Å². The third-order valence-electron chi connectivity index (χ3n) is 3.04. The molecule has 0 aliphatic carbocycles. The Morgan fingerprint density at radius 2 is 2.18 bits per heavy atom. The van der Waals surface area contributed by atoms with E-state index in [-0.39, 0.29) is 11.4 Å². The number of hydrogen-bond donors (Lipinski definition) is 1. The van der Waals surface area contributed by atoms with Crippen molar-refractivity contribution in [3.05, 3.63) is 33.0 Å². The van der Waals surface area contributed by atoms with Gasteiger partial charge >= 0.3 is 11.7 Å². The van der Waals surface area contributed by atoms with Crippen molar-refractivity contribution in [3.63, 3.8) is 0 Å². The molecule has 0 radical (unpaired) electrons. The van der Waals surface area contributed by atoms with Crippen LogP contribution in [0, 0.1) is 0 Å². The molecule has 0 saturated carbocycles. The predicted octanol–water partition coefficient (Wildman–Crippen LogP) is 0.264. The van der Waals surface area contributed by atoms with Crippen LogP contribution in [0.1, 0.15) is 6.92 Å². The SMILES string of the molecule is CC=CCn1c(SCC(=O)OC)nc2c1c(=O)[nH]c(=O)n2C. The number of esters is 1. The summed E-state index contributed by atoms with van der Waals surface area (Å²) in [7, 11) is 2.84. The number of aromatic amines is 1. The molecule has 9 heteroatoms. The van der Waals surface area contributed by atoms with Gasteiger partial charge in [0.25, 0.3) is 5.56 Å². The monoisotopic (exact) mass is 324 g/mol. The van der Waals surface area contributed by atoms with E-state index in [0.717, 1.165) is 11.8 Å². The molecule has 0 aliphatic heterocycles. The third-order valence-corrected chi connectivity index (χ3v) is 3.99. The lowest BCUT2D eigenvalue weighted by Crippen LogP contribution is -2.29. The maximum Gasteiger partial charge on any atom is 0.329 e. The largest absolute Gasteiger partial charge is 0.468 e. The molecule has 2 aromatic rings. The highest BCUT2D eigenvalue weighted by Gasteiger charge is 2.17. The molecule has 2 aromatic heterocycles. The van der Waals surface area contributed by atoms with E-state index in [1.807, 2.05) is 19.1 Å². The van der Waals surface area contributed by atoms with Crippen molar-refractivity contribution in [3.8, 4) is 0 Å². The number of rotatable bonds is 5. The van der Waals surface area contributed by atoms with Crippen LogP contribution in [0.3, 0.4) is 0 Å². The van der Waals surface area contributed by atoms with E-state index in [2.05, 4.69) is 14.7 Å². The average molecular weight is 324 g/mol. The van der Waals surface area contributed by atoms with Gasteiger partial charge in [0.2, 0.25) is 0 Å². The van der Waals surface area contributed by atoms with Gasteiger partial charge in [-0.15, -0.1) is 0 Å². The highest BCUT2D eigenvalue weighted by atomic mass is 32.2. The molecule has 2 rings (SSSR count). The van der Waals surface area contributed by atoms with Crippen molar-refractivity contribution in [1.29, 1.82) is 0 Å².